The molecule has 1 unspecified atom stereocenters. The standard InChI is InChI=1S/C8H14N2O4/c1-5(11)7(12)4-10-3-2-6(9)8(13)14/h6,10H,2-4,9H2,1H3,(H,13,14). The minimum absolute atomic E-state index is 0.0678. The third kappa shape index (κ3) is 5.39. The second kappa shape index (κ2) is 6.22. The molecule has 6 heteroatoms. The summed E-state index contributed by atoms with van der Waals surface area (Å²) >= 11 is 0. The average molecular weight is 202 g/mol. The zero-order valence-electron chi connectivity index (χ0n) is 7.95. The van der Waals surface area contributed by atoms with Crippen LogP contribution in [0.2, 0.25) is 0 Å². The van der Waals surface area contributed by atoms with Gasteiger partial charge in [-0.2, -0.15) is 0 Å². The zero-order chi connectivity index (χ0) is 11.1. The summed E-state index contributed by atoms with van der Waals surface area (Å²) in [7, 11) is 0. The smallest absolute Gasteiger partial charge is 0.320 e. The predicted molar refractivity (Wildman–Crippen MR) is 48.8 cm³/mol. The predicted octanol–water partition coefficient (Wildman–Crippen LogP) is -1.46. The molecule has 0 spiro atoms. The van der Waals surface area contributed by atoms with Crippen LogP contribution in [0.4, 0.5) is 0 Å². The van der Waals surface area contributed by atoms with Crippen molar-refractivity contribution in [3.63, 3.8) is 0 Å². The Morgan fingerprint density at radius 2 is 2.00 bits per heavy atom. The highest BCUT2D eigenvalue weighted by molar-refractivity contribution is 6.37. The Morgan fingerprint density at radius 1 is 1.43 bits per heavy atom. The van der Waals surface area contributed by atoms with Gasteiger partial charge in [0, 0.05) is 6.92 Å². The lowest BCUT2D eigenvalue weighted by molar-refractivity contribution is -0.138. The van der Waals surface area contributed by atoms with Gasteiger partial charge < -0.3 is 16.2 Å². The van der Waals surface area contributed by atoms with Crippen molar-refractivity contribution < 1.29 is 19.5 Å². The van der Waals surface area contributed by atoms with Gasteiger partial charge in [0.25, 0.3) is 0 Å². The fourth-order valence-electron chi connectivity index (χ4n) is 0.707. The van der Waals surface area contributed by atoms with Crippen LogP contribution in [0.1, 0.15) is 13.3 Å². The van der Waals surface area contributed by atoms with E-state index in [2.05, 4.69) is 5.32 Å². The maximum Gasteiger partial charge on any atom is 0.320 e. The van der Waals surface area contributed by atoms with Crippen molar-refractivity contribution in [2.24, 2.45) is 5.73 Å². The Labute approximate surface area is 81.5 Å². The lowest BCUT2D eigenvalue weighted by atomic mass is 10.2. The Balaban J connectivity index is 3.52. The van der Waals surface area contributed by atoms with Gasteiger partial charge in [-0.25, -0.2) is 0 Å². The average Bonchev–Trinajstić information content (AvgIpc) is 2.11. The first-order chi connectivity index (χ1) is 6.45. The molecule has 0 radical (unpaired) electrons. The van der Waals surface area contributed by atoms with E-state index in [1.165, 1.54) is 6.92 Å². The number of Topliss-reactive ketones (excluding diaryl/α,β-unsaturated/α-hetero) is 2. The van der Waals surface area contributed by atoms with Crippen molar-refractivity contribution >= 4 is 17.5 Å². The number of hydrogen-bond donors (Lipinski definition) is 3. The maximum absolute atomic E-state index is 10.8. The molecule has 0 aromatic heterocycles. The molecule has 0 rings (SSSR count). The van der Waals surface area contributed by atoms with Crippen molar-refractivity contribution in [1.82, 2.24) is 5.32 Å². The number of carboxylic acid groups (broad SMARTS) is 1. The Morgan fingerprint density at radius 3 is 2.43 bits per heavy atom. The zero-order valence-corrected chi connectivity index (χ0v) is 7.95. The molecule has 0 aromatic rings. The SMILES string of the molecule is CC(=O)C(=O)CNCCC(N)C(=O)O. The van der Waals surface area contributed by atoms with Crippen LogP contribution in [-0.2, 0) is 14.4 Å². The van der Waals surface area contributed by atoms with E-state index in [9.17, 15) is 14.4 Å². The number of rotatable bonds is 7. The fourth-order valence-corrected chi connectivity index (χ4v) is 0.707. The normalized spacial score (nSPS) is 12.1. The van der Waals surface area contributed by atoms with Crippen molar-refractivity contribution in [2.45, 2.75) is 19.4 Å². The highest BCUT2D eigenvalue weighted by Crippen LogP contribution is 1.85. The van der Waals surface area contributed by atoms with E-state index in [0.29, 0.717) is 6.54 Å². The molecule has 0 saturated carbocycles. The maximum atomic E-state index is 10.8. The third-order valence-electron chi connectivity index (χ3n) is 1.63. The highest BCUT2D eigenvalue weighted by atomic mass is 16.4. The third-order valence-corrected chi connectivity index (χ3v) is 1.63. The molecule has 0 saturated heterocycles. The van der Waals surface area contributed by atoms with E-state index in [-0.39, 0.29) is 13.0 Å². The molecule has 80 valence electrons. The Bertz CT molecular complexity index is 239. The minimum atomic E-state index is -1.08. The van der Waals surface area contributed by atoms with Gasteiger partial charge in [0.05, 0.1) is 6.54 Å². The molecule has 0 amide bonds. The summed E-state index contributed by atoms with van der Waals surface area (Å²) in [6.07, 6.45) is 0.223. The van der Waals surface area contributed by atoms with Crippen LogP contribution in [0.5, 0.6) is 0 Å². The van der Waals surface area contributed by atoms with E-state index in [1.807, 2.05) is 0 Å². The summed E-state index contributed by atoms with van der Waals surface area (Å²) in [6.45, 7) is 1.42. The van der Waals surface area contributed by atoms with E-state index < -0.39 is 23.6 Å². The Hall–Kier alpha value is -1.27. The van der Waals surface area contributed by atoms with Gasteiger partial charge in [0.1, 0.15) is 6.04 Å². The van der Waals surface area contributed by atoms with Crippen molar-refractivity contribution in [2.75, 3.05) is 13.1 Å². The summed E-state index contributed by atoms with van der Waals surface area (Å²) < 4.78 is 0. The van der Waals surface area contributed by atoms with Crippen molar-refractivity contribution in [3.8, 4) is 0 Å². The molecule has 0 aliphatic heterocycles. The summed E-state index contributed by atoms with van der Waals surface area (Å²) in [6, 6.07) is -0.935. The first kappa shape index (κ1) is 12.7. The number of carbonyl (C=O) groups excluding carboxylic acids is 2. The molecule has 6 nitrogen and oxygen atoms in total. The van der Waals surface area contributed by atoms with Gasteiger partial charge in [0.2, 0.25) is 5.78 Å². The molecule has 0 aliphatic rings. The summed E-state index contributed by atoms with van der Waals surface area (Å²) in [5.74, 6) is -2.11. The Kier molecular flexibility index (Phi) is 5.66. The molecule has 0 aromatic carbocycles. The van der Waals surface area contributed by atoms with E-state index >= 15 is 0 Å². The van der Waals surface area contributed by atoms with Crippen LogP contribution >= 0.6 is 0 Å². The second-order valence-electron chi connectivity index (χ2n) is 2.89. The highest BCUT2D eigenvalue weighted by Gasteiger charge is 2.11. The van der Waals surface area contributed by atoms with Crippen LogP contribution in [0.25, 0.3) is 0 Å². The lowest BCUT2D eigenvalue weighted by Crippen LogP contribution is -2.35. The number of aliphatic carboxylic acids is 1. The molecular weight excluding hydrogens is 188 g/mol. The van der Waals surface area contributed by atoms with E-state index in [0.717, 1.165) is 0 Å². The van der Waals surface area contributed by atoms with Crippen molar-refractivity contribution in [3.05, 3.63) is 0 Å². The molecule has 1 atom stereocenters. The van der Waals surface area contributed by atoms with Crippen molar-refractivity contribution in [1.29, 1.82) is 0 Å². The van der Waals surface area contributed by atoms with Crippen LogP contribution in [0.3, 0.4) is 0 Å². The molecule has 4 N–H and O–H groups in total. The topological polar surface area (TPSA) is 109 Å². The fraction of sp³-hybridized carbons (Fsp3) is 0.625. The van der Waals surface area contributed by atoms with Gasteiger partial charge in [-0.05, 0) is 13.0 Å². The van der Waals surface area contributed by atoms with Gasteiger partial charge in [-0.3, -0.25) is 14.4 Å². The van der Waals surface area contributed by atoms with Gasteiger partial charge in [-0.15, -0.1) is 0 Å². The number of carboxylic acids is 1. The first-order valence-electron chi connectivity index (χ1n) is 4.18. The molecular formula is C8H14N2O4. The molecule has 14 heavy (non-hydrogen) atoms. The summed E-state index contributed by atoms with van der Waals surface area (Å²) in [5.41, 5.74) is 5.20. The summed E-state index contributed by atoms with van der Waals surface area (Å²) in [4.78, 5) is 31.5. The van der Waals surface area contributed by atoms with E-state index in [4.69, 9.17) is 10.8 Å². The van der Waals surface area contributed by atoms with Crippen LogP contribution < -0.4 is 11.1 Å². The summed E-state index contributed by atoms with van der Waals surface area (Å²) in [5, 5.41) is 11.0. The molecule has 0 heterocycles. The van der Waals surface area contributed by atoms with Crippen LogP contribution in [0, 0.1) is 0 Å². The number of nitrogens with two attached hydrogens (primary N) is 1. The molecule has 0 fully saturated rings. The van der Waals surface area contributed by atoms with Gasteiger partial charge in [-0.1, -0.05) is 0 Å². The van der Waals surface area contributed by atoms with Crippen LogP contribution in [0.15, 0.2) is 0 Å². The first-order valence-corrected chi connectivity index (χ1v) is 4.18. The number of ketones is 2. The van der Waals surface area contributed by atoms with Gasteiger partial charge >= 0.3 is 5.97 Å². The second-order valence-corrected chi connectivity index (χ2v) is 2.89. The van der Waals surface area contributed by atoms with Gasteiger partial charge in [0.15, 0.2) is 5.78 Å². The molecule has 0 aliphatic carbocycles. The lowest BCUT2D eigenvalue weighted by Gasteiger charge is -2.06. The van der Waals surface area contributed by atoms with E-state index in [1.54, 1.807) is 0 Å². The van der Waals surface area contributed by atoms with Crippen LogP contribution in [-0.4, -0.2) is 41.8 Å². The largest absolute Gasteiger partial charge is 0.480 e. The quantitative estimate of drug-likeness (QED) is 0.343. The monoisotopic (exact) mass is 202 g/mol. The minimum Gasteiger partial charge on any atom is -0.480 e. The molecule has 0 bridgehead atoms. The number of nitrogens with one attached hydrogen (secondary N) is 1. The number of hydrogen-bond acceptors (Lipinski definition) is 5. The number of carbonyl (C=O) groups is 3.